The van der Waals surface area contributed by atoms with Gasteiger partial charge in [0.15, 0.2) is 5.65 Å². The Hall–Kier alpha value is -1.69. The number of fused-ring (bicyclic) bond motifs is 1. The van der Waals surface area contributed by atoms with E-state index in [0.717, 1.165) is 23.4 Å². The van der Waals surface area contributed by atoms with Crippen LogP contribution in [-0.4, -0.2) is 38.9 Å². The van der Waals surface area contributed by atoms with Gasteiger partial charge < -0.3 is 10.6 Å². The van der Waals surface area contributed by atoms with Crippen LogP contribution in [0.5, 0.6) is 0 Å². The molecule has 1 aliphatic rings. The lowest BCUT2D eigenvalue weighted by Crippen LogP contribution is -2.32. The number of hydrogen-bond donors (Lipinski definition) is 1. The second-order valence-electron chi connectivity index (χ2n) is 4.42. The average molecular weight is 232 g/mol. The monoisotopic (exact) mass is 232 g/mol. The molecule has 90 valence electrons. The van der Waals surface area contributed by atoms with Crippen molar-refractivity contribution in [1.29, 1.82) is 0 Å². The van der Waals surface area contributed by atoms with Crippen molar-refractivity contribution in [2.75, 3.05) is 18.0 Å². The molecular weight excluding hydrogens is 216 g/mol. The first-order valence-electron chi connectivity index (χ1n) is 5.90. The molecule has 1 fully saturated rings. The van der Waals surface area contributed by atoms with Crippen LogP contribution < -0.4 is 10.6 Å². The Morgan fingerprint density at radius 1 is 1.47 bits per heavy atom. The minimum Gasteiger partial charge on any atom is -0.352 e. The predicted molar refractivity (Wildman–Crippen MR) is 65.7 cm³/mol. The molecule has 3 rings (SSSR count). The molecule has 0 saturated heterocycles. The Labute approximate surface area is 99.4 Å². The van der Waals surface area contributed by atoms with Gasteiger partial charge in [0.25, 0.3) is 0 Å². The zero-order valence-corrected chi connectivity index (χ0v) is 9.87. The maximum absolute atomic E-state index is 5.68. The van der Waals surface area contributed by atoms with Gasteiger partial charge in [0.2, 0.25) is 0 Å². The van der Waals surface area contributed by atoms with Crippen LogP contribution in [0.15, 0.2) is 12.5 Å². The molecule has 1 saturated carbocycles. The van der Waals surface area contributed by atoms with Crippen molar-refractivity contribution in [3.05, 3.63) is 12.5 Å². The average Bonchev–Trinajstić information content (AvgIpc) is 3.11. The van der Waals surface area contributed by atoms with Gasteiger partial charge in [-0.05, 0) is 12.8 Å². The first-order valence-corrected chi connectivity index (χ1v) is 5.90. The minimum atomic E-state index is 0.594. The van der Waals surface area contributed by atoms with E-state index in [2.05, 4.69) is 20.0 Å². The van der Waals surface area contributed by atoms with Gasteiger partial charge in [-0.2, -0.15) is 5.10 Å². The van der Waals surface area contributed by atoms with Crippen LogP contribution in [0.3, 0.4) is 0 Å². The number of anilines is 1. The van der Waals surface area contributed by atoms with Gasteiger partial charge >= 0.3 is 0 Å². The molecule has 0 atom stereocenters. The van der Waals surface area contributed by atoms with Crippen molar-refractivity contribution in [2.45, 2.75) is 18.9 Å². The maximum Gasteiger partial charge on any atom is 0.163 e. The number of hydrogen-bond acceptors (Lipinski definition) is 5. The van der Waals surface area contributed by atoms with Crippen LogP contribution in [0.1, 0.15) is 12.8 Å². The summed E-state index contributed by atoms with van der Waals surface area (Å²) in [5.74, 6) is 0.969. The molecule has 0 aromatic carbocycles. The Morgan fingerprint density at radius 2 is 2.29 bits per heavy atom. The molecule has 0 spiro atoms. The fraction of sp³-hybridized carbons (Fsp3) is 0.545. The van der Waals surface area contributed by atoms with Gasteiger partial charge in [-0.3, -0.25) is 4.68 Å². The largest absolute Gasteiger partial charge is 0.352 e. The van der Waals surface area contributed by atoms with Crippen LogP contribution in [0.4, 0.5) is 5.82 Å². The Morgan fingerprint density at radius 3 is 3.00 bits per heavy atom. The summed E-state index contributed by atoms with van der Waals surface area (Å²) in [5.41, 5.74) is 6.55. The number of nitrogens with two attached hydrogens (primary N) is 1. The summed E-state index contributed by atoms with van der Waals surface area (Å²) < 4.78 is 1.77. The third kappa shape index (κ3) is 1.74. The predicted octanol–water partition coefficient (Wildman–Crippen LogP) is 0.291. The van der Waals surface area contributed by atoms with Crippen molar-refractivity contribution >= 4 is 16.9 Å². The van der Waals surface area contributed by atoms with Crippen molar-refractivity contribution in [1.82, 2.24) is 19.7 Å². The van der Waals surface area contributed by atoms with Crippen LogP contribution in [0.25, 0.3) is 11.0 Å². The zero-order chi connectivity index (χ0) is 11.8. The van der Waals surface area contributed by atoms with Crippen molar-refractivity contribution in [2.24, 2.45) is 12.8 Å². The smallest absolute Gasteiger partial charge is 0.163 e. The molecule has 0 aliphatic heterocycles. The number of aryl methyl sites for hydroxylation is 1. The summed E-state index contributed by atoms with van der Waals surface area (Å²) in [6.07, 6.45) is 5.89. The van der Waals surface area contributed by atoms with E-state index in [1.54, 1.807) is 11.0 Å². The molecule has 2 N–H and O–H groups in total. The molecule has 2 aromatic rings. The van der Waals surface area contributed by atoms with Gasteiger partial charge in [0.05, 0.1) is 11.6 Å². The molecule has 2 aromatic heterocycles. The second kappa shape index (κ2) is 3.96. The van der Waals surface area contributed by atoms with Gasteiger partial charge in [0.1, 0.15) is 12.1 Å². The normalized spacial score (nSPS) is 15.4. The van der Waals surface area contributed by atoms with E-state index in [4.69, 9.17) is 5.73 Å². The van der Waals surface area contributed by atoms with E-state index in [9.17, 15) is 0 Å². The zero-order valence-electron chi connectivity index (χ0n) is 9.87. The third-order valence-corrected chi connectivity index (χ3v) is 3.14. The van der Waals surface area contributed by atoms with Crippen molar-refractivity contribution in [3.63, 3.8) is 0 Å². The summed E-state index contributed by atoms with van der Waals surface area (Å²) in [7, 11) is 1.89. The lowest BCUT2D eigenvalue weighted by molar-refractivity contribution is 0.770. The molecule has 17 heavy (non-hydrogen) atoms. The highest BCUT2D eigenvalue weighted by molar-refractivity contribution is 5.86. The molecule has 0 radical (unpaired) electrons. The molecule has 0 bridgehead atoms. The standard InChI is InChI=1S/C11H16N6/c1-16-10-9(6-15-16)11(14-7-13-10)17(5-4-12)8-2-3-8/h6-8H,2-5,12H2,1H3. The van der Waals surface area contributed by atoms with Crippen molar-refractivity contribution < 1.29 is 0 Å². The van der Waals surface area contributed by atoms with Crippen LogP contribution in [-0.2, 0) is 7.05 Å². The van der Waals surface area contributed by atoms with E-state index in [-0.39, 0.29) is 0 Å². The lowest BCUT2D eigenvalue weighted by Gasteiger charge is -2.22. The Kier molecular flexibility index (Phi) is 2.44. The quantitative estimate of drug-likeness (QED) is 0.820. The second-order valence-corrected chi connectivity index (χ2v) is 4.42. The van der Waals surface area contributed by atoms with Crippen molar-refractivity contribution in [3.8, 4) is 0 Å². The highest BCUT2D eigenvalue weighted by Gasteiger charge is 2.30. The maximum atomic E-state index is 5.68. The number of rotatable bonds is 4. The fourth-order valence-electron chi connectivity index (χ4n) is 2.17. The van der Waals surface area contributed by atoms with Gasteiger partial charge in [-0.15, -0.1) is 0 Å². The molecular formula is C11H16N6. The summed E-state index contributed by atoms with van der Waals surface area (Å²) in [6.45, 7) is 1.48. The fourth-order valence-corrected chi connectivity index (χ4v) is 2.17. The van der Waals surface area contributed by atoms with E-state index < -0.39 is 0 Å². The summed E-state index contributed by atoms with van der Waals surface area (Å²) in [6, 6.07) is 0.594. The molecule has 6 nitrogen and oxygen atoms in total. The highest BCUT2D eigenvalue weighted by atomic mass is 15.3. The molecule has 0 unspecified atom stereocenters. The third-order valence-electron chi connectivity index (χ3n) is 3.14. The van der Waals surface area contributed by atoms with E-state index >= 15 is 0 Å². The number of nitrogens with zero attached hydrogens (tertiary/aromatic N) is 5. The first-order chi connectivity index (χ1) is 8.31. The van der Waals surface area contributed by atoms with Gasteiger partial charge in [-0.1, -0.05) is 0 Å². The van der Waals surface area contributed by atoms with Crippen LogP contribution in [0.2, 0.25) is 0 Å². The molecule has 1 aliphatic carbocycles. The molecule has 6 heteroatoms. The lowest BCUT2D eigenvalue weighted by atomic mass is 10.3. The highest BCUT2D eigenvalue weighted by Crippen LogP contribution is 2.33. The topological polar surface area (TPSA) is 72.9 Å². The van der Waals surface area contributed by atoms with Gasteiger partial charge in [0, 0.05) is 26.2 Å². The SMILES string of the molecule is Cn1ncc2c(N(CCN)C3CC3)ncnc21. The van der Waals surface area contributed by atoms with E-state index in [1.165, 1.54) is 12.8 Å². The summed E-state index contributed by atoms with van der Waals surface area (Å²) in [5, 5.41) is 5.24. The molecule has 2 heterocycles. The first kappa shape index (κ1) is 10.5. The van der Waals surface area contributed by atoms with Gasteiger partial charge in [-0.25, -0.2) is 9.97 Å². The molecule has 0 amide bonds. The van der Waals surface area contributed by atoms with Crippen LogP contribution in [0, 0.1) is 0 Å². The Bertz CT molecular complexity index is 530. The number of aromatic nitrogens is 4. The van der Waals surface area contributed by atoms with E-state index in [0.29, 0.717) is 12.6 Å². The minimum absolute atomic E-state index is 0.594. The summed E-state index contributed by atoms with van der Waals surface area (Å²) >= 11 is 0. The Balaban J connectivity index is 2.08. The van der Waals surface area contributed by atoms with E-state index in [1.807, 2.05) is 13.2 Å². The summed E-state index contributed by atoms with van der Waals surface area (Å²) in [4.78, 5) is 10.9. The van der Waals surface area contributed by atoms with Crippen LogP contribution >= 0.6 is 0 Å².